The van der Waals surface area contributed by atoms with Crippen molar-refractivity contribution in [3.63, 3.8) is 0 Å². The highest BCUT2D eigenvalue weighted by molar-refractivity contribution is 5.76. The Bertz CT molecular complexity index is 308. The third-order valence-electron chi connectivity index (χ3n) is 2.53. The normalized spacial score (nSPS) is 10.1. The largest absolute Gasteiger partial charge is 0.338 e. The predicted octanol–water partition coefficient (Wildman–Crippen LogP) is 3.23. The van der Waals surface area contributed by atoms with Gasteiger partial charge < -0.3 is 4.90 Å². The van der Waals surface area contributed by atoms with Gasteiger partial charge >= 0.3 is 0 Å². The van der Waals surface area contributed by atoms with Gasteiger partial charge in [-0.05, 0) is 18.4 Å². The second kappa shape index (κ2) is 7.04. The third-order valence-corrected chi connectivity index (χ3v) is 2.53. The van der Waals surface area contributed by atoms with Gasteiger partial charge in [0.1, 0.15) is 0 Å². The van der Waals surface area contributed by atoms with Crippen LogP contribution < -0.4 is 0 Å². The summed E-state index contributed by atoms with van der Waals surface area (Å²) in [4.78, 5) is 13.8. The van der Waals surface area contributed by atoms with E-state index < -0.39 is 0 Å². The number of carbonyl (C=O) groups excluding carboxylic acids is 1. The molecule has 0 radical (unpaired) electrons. The highest BCUT2D eigenvalue weighted by atomic mass is 16.2. The number of nitrogens with zero attached hydrogens (tertiary/aromatic N) is 1. The Labute approximate surface area is 98.3 Å². The van der Waals surface area contributed by atoms with Crippen LogP contribution in [0.25, 0.3) is 0 Å². The van der Waals surface area contributed by atoms with Gasteiger partial charge in [0.05, 0.1) is 0 Å². The van der Waals surface area contributed by atoms with E-state index in [1.165, 1.54) is 5.56 Å². The van der Waals surface area contributed by atoms with E-state index in [2.05, 4.69) is 19.1 Å². The first kappa shape index (κ1) is 12.8. The monoisotopic (exact) mass is 219 g/mol. The molecule has 1 rings (SSSR count). The quantitative estimate of drug-likeness (QED) is 0.719. The summed E-state index contributed by atoms with van der Waals surface area (Å²) in [6, 6.07) is 10.2. The number of hydrogen-bond donors (Lipinski definition) is 0. The topological polar surface area (TPSA) is 20.3 Å². The first-order valence-corrected chi connectivity index (χ1v) is 6.09. The van der Waals surface area contributed by atoms with Crippen LogP contribution >= 0.6 is 0 Å². The second-order valence-electron chi connectivity index (χ2n) is 4.05. The Hall–Kier alpha value is -1.31. The van der Waals surface area contributed by atoms with Crippen LogP contribution in [0, 0.1) is 0 Å². The molecule has 2 heteroatoms. The molecule has 1 aromatic rings. The summed E-state index contributed by atoms with van der Waals surface area (Å²) < 4.78 is 0. The van der Waals surface area contributed by atoms with Crippen molar-refractivity contribution < 1.29 is 4.79 Å². The zero-order chi connectivity index (χ0) is 11.8. The van der Waals surface area contributed by atoms with Crippen molar-refractivity contribution in [3.05, 3.63) is 35.9 Å². The summed E-state index contributed by atoms with van der Waals surface area (Å²) in [6.07, 6.45) is 2.60. The van der Waals surface area contributed by atoms with Crippen LogP contribution in [0.4, 0.5) is 0 Å². The number of amides is 1. The zero-order valence-electron chi connectivity index (χ0n) is 10.3. The van der Waals surface area contributed by atoms with E-state index in [0.717, 1.165) is 25.9 Å². The molecule has 0 aliphatic heterocycles. The Morgan fingerprint density at radius 3 is 2.38 bits per heavy atom. The van der Waals surface area contributed by atoms with Gasteiger partial charge in [0.15, 0.2) is 0 Å². The Balaban J connectivity index is 2.60. The van der Waals surface area contributed by atoms with Crippen molar-refractivity contribution in [2.45, 2.75) is 39.7 Å². The molecule has 0 spiro atoms. The molecule has 0 unspecified atom stereocenters. The summed E-state index contributed by atoms with van der Waals surface area (Å²) >= 11 is 0. The van der Waals surface area contributed by atoms with Crippen LogP contribution in [0.3, 0.4) is 0 Å². The summed E-state index contributed by atoms with van der Waals surface area (Å²) in [6.45, 7) is 5.75. The molecule has 0 saturated carbocycles. The molecule has 0 saturated heterocycles. The summed E-state index contributed by atoms with van der Waals surface area (Å²) in [5.74, 6) is 0.271. The Morgan fingerprint density at radius 2 is 1.81 bits per heavy atom. The van der Waals surface area contributed by atoms with Crippen molar-refractivity contribution in [2.24, 2.45) is 0 Å². The SMILES string of the molecule is CCCC(=O)N(CCC)Cc1ccccc1. The van der Waals surface area contributed by atoms with Gasteiger partial charge in [-0.1, -0.05) is 44.2 Å². The summed E-state index contributed by atoms with van der Waals surface area (Å²) in [5.41, 5.74) is 1.21. The van der Waals surface area contributed by atoms with Crippen LogP contribution in [0.2, 0.25) is 0 Å². The van der Waals surface area contributed by atoms with Crippen LogP contribution in [-0.4, -0.2) is 17.4 Å². The van der Waals surface area contributed by atoms with Gasteiger partial charge in [0.25, 0.3) is 0 Å². The minimum absolute atomic E-state index is 0.271. The Morgan fingerprint density at radius 1 is 1.12 bits per heavy atom. The van der Waals surface area contributed by atoms with Gasteiger partial charge in [-0.3, -0.25) is 4.79 Å². The summed E-state index contributed by atoms with van der Waals surface area (Å²) in [7, 11) is 0. The zero-order valence-corrected chi connectivity index (χ0v) is 10.3. The standard InChI is InChI=1S/C14H21NO/c1-3-8-14(16)15(11-4-2)12-13-9-6-5-7-10-13/h5-7,9-10H,3-4,8,11-12H2,1-2H3. The van der Waals surface area contributed by atoms with E-state index in [9.17, 15) is 4.79 Å². The van der Waals surface area contributed by atoms with Crippen LogP contribution in [0.1, 0.15) is 38.7 Å². The van der Waals surface area contributed by atoms with E-state index in [-0.39, 0.29) is 5.91 Å². The molecule has 0 bridgehead atoms. The van der Waals surface area contributed by atoms with Gasteiger partial charge in [0.2, 0.25) is 5.91 Å². The van der Waals surface area contributed by atoms with Crippen LogP contribution in [-0.2, 0) is 11.3 Å². The molecule has 88 valence electrons. The molecule has 2 nitrogen and oxygen atoms in total. The molecule has 1 aromatic carbocycles. The van der Waals surface area contributed by atoms with E-state index in [1.807, 2.05) is 30.0 Å². The molecule has 0 atom stereocenters. The molecule has 0 N–H and O–H groups in total. The molecular weight excluding hydrogens is 198 g/mol. The maximum absolute atomic E-state index is 11.9. The lowest BCUT2D eigenvalue weighted by Gasteiger charge is -2.22. The average molecular weight is 219 g/mol. The highest BCUT2D eigenvalue weighted by Gasteiger charge is 2.11. The van der Waals surface area contributed by atoms with Crippen molar-refractivity contribution >= 4 is 5.91 Å². The van der Waals surface area contributed by atoms with Crippen molar-refractivity contribution in [1.82, 2.24) is 4.90 Å². The molecular formula is C14H21NO. The molecule has 0 aromatic heterocycles. The lowest BCUT2D eigenvalue weighted by Crippen LogP contribution is -2.30. The molecule has 16 heavy (non-hydrogen) atoms. The summed E-state index contributed by atoms with van der Waals surface area (Å²) in [5, 5.41) is 0. The van der Waals surface area contributed by atoms with E-state index >= 15 is 0 Å². The lowest BCUT2D eigenvalue weighted by atomic mass is 10.2. The van der Waals surface area contributed by atoms with E-state index in [4.69, 9.17) is 0 Å². The maximum Gasteiger partial charge on any atom is 0.222 e. The molecule has 0 fully saturated rings. The molecule has 0 aliphatic rings. The minimum Gasteiger partial charge on any atom is -0.338 e. The predicted molar refractivity (Wildman–Crippen MR) is 67.1 cm³/mol. The van der Waals surface area contributed by atoms with Crippen LogP contribution in [0.5, 0.6) is 0 Å². The average Bonchev–Trinajstić information content (AvgIpc) is 2.30. The Kier molecular flexibility index (Phi) is 5.62. The number of carbonyl (C=O) groups is 1. The first-order chi connectivity index (χ1) is 7.77. The minimum atomic E-state index is 0.271. The molecule has 0 heterocycles. The van der Waals surface area contributed by atoms with Crippen molar-refractivity contribution in [2.75, 3.05) is 6.54 Å². The van der Waals surface area contributed by atoms with Gasteiger partial charge in [-0.2, -0.15) is 0 Å². The number of benzene rings is 1. The second-order valence-corrected chi connectivity index (χ2v) is 4.05. The first-order valence-electron chi connectivity index (χ1n) is 6.09. The smallest absolute Gasteiger partial charge is 0.222 e. The van der Waals surface area contributed by atoms with Crippen LogP contribution in [0.15, 0.2) is 30.3 Å². The maximum atomic E-state index is 11.9. The van der Waals surface area contributed by atoms with Gasteiger partial charge in [-0.25, -0.2) is 0 Å². The highest BCUT2D eigenvalue weighted by Crippen LogP contribution is 2.07. The van der Waals surface area contributed by atoms with Gasteiger partial charge in [0, 0.05) is 19.5 Å². The third kappa shape index (κ3) is 4.05. The fourth-order valence-electron chi connectivity index (χ4n) is 1.74. The molecule has 0 aliphatic carbocycles. The number of rotatable bonds is 6. The fraction of sp³-hybridized carbons (Fsp3) is 0.500. The van der Waals surface area contributed by atoms with Crippen molar-refractivity contribution in [1.29, 1.82) is 0 Å². The van der Waals surface area contributed by atoms with Crippen molar-refractivity contribution in [3.8, 4) is 0 Å². The van der Waals surface area contributed by atoms with E-state index in [1.54, 1.807) is 0 Å². The molecule has 1 amide bonds. The number of hydrogen-bond acceptors (Lipinski definition) is 1. The fourth-order valence-corrected chi connectivity index (χ4v) is 1.74. The van der Waals surface area contributed by atoms with E-state index in [0.29, 0.717) is 6.42 Å². The van der Waals surface area contributed by atoms with Gasteiger partial charge in [-0.15, -0.1) is 0 Å². The lowest BCUT2D eigenvalue weighted by molar-refractivity contribution is -0.131.